The number of halogens is 2. The molecule has 0 aliphatic heterocycles. The minimum Gasteiger partial charge on any atom is -0.324 e. The smallest absolute Gasteiger partial charge is 0.234 e. The van der Waals surface area contributed by atoms with Crippen LogP contribution in [0.15, 0.2) is 70.4 Å². The number of amides is 1. The second-order valence-corrected chi connectivity index (χ2v) is 8.24. The number of nitrogens with zero attached hydrogens (tertiary/aromatic N) is 3. The number of aromatic nitrogens is 3. The molecule has 8 heteroatoms. The molecule has 0 bridgehead atoms. The third-order valence-corrected chi connectivity index (χ3v) is 5.88. The van der Waals surface area contributed by atoms with Crippen LogP contribution in [0.1, 0.15) is 5.56 Å². The van der Waals surface area contributed by atoms with Gasteiger partial charge in [0.1, 0.15) is 10.8 Å². The van der Waals surface area contributed by atoms with Gasteiger partial charge in [0.2, 0.25) is 5.91 Å². The molecule has 1 amide bonds. The lowest BCUT2D eigenvalue weighted by atomic mass is 10.1. The summed E-state index contributed by atoms with van der Waals surface area (Å²) in [6, 6.07) is 13.8. The lowest BCUT2D eigenvalue weighted by molar-refractivity contribution is -0.113. The van der Waals surface area contributed by atoms with E-state index in [4.69, 9.17) is 0 Å². The van der Waals surface area contributed by atoms with Gasteiger partial charge in [0.05, 0.1) is 22.7 Å². The topological polar surface area (TPSA) is 59.3 Å². The molecule has 1 N–H and O–H groups in total. The molecule has 2 aromatic heterocycles. The van der Waals surface area contributed by atoms with Crippen LogP contribution in [0, 0.1) is 12.7 Å². The molecule has 2 aromatic carbocycles. The van der Waals surface area contributed by atoms with E-state index in [-0.39, 0.29) is 17.5 Å². The second-order valence-electron chi connectivity index (χ2n) is 6.42. The highest BCUT2D eigenvalue weighted by Gasteiger charge is 2.12. The molecule has 0 fully saturated rings. The minimum absolute atomic E-state index is 0.123. The molecule has 0 atom stereocenters. The molecular weight excluding hydrogens is 455 g/mol. The van der Waals surface area contributed by atoms with Crippen LogP contribution in [-0.2, 0) is 4.79 Å². The number of benzene rings is 2. The quantitative estimate of drug-likeness (QED) is 0.400. The first kappa shape index (κ1) is 19.6. The van der Waals surface area contributed by atoms with Crippen molar-refractivity contribution < 1.29 is 9.18 Å². The van der Waals surface area contributed by atoms with Gasteiger partial charge in [0, 0.05) is 22.4 Å². The Balaban J connectivity index is 1.50. The predicted molar refractivity (Wildman–Crippen MR) is 117 cm³/mol. The van der Waals surface area contributed by atoms with Crippen molar-refractivity contribution in [2.24, 2.45) is 0 Å². The van der Waals surface area contributed by atoms with Crippen molar-refractivity contribution in [2.45, 2.75) is 11.9 Å². The van der Waals surface area contributed by atoms with Crippen molar-refractivity contribution in [3.05, 3.63) is 76.8 Å². The molecule has 0 unspecified atom stereocenters. The van der Waals surface area contributed by atoms with Gasteiger partial charge in [0.25, 0.3) is 0 Å². The summed E-state index contributed by atoms with van der Waals surface area (Å²) in [5.41, 5.74) is 4.16. The monoisotopic (exact) mass is 470 g/mol. The summed E-state index contributed by atoms with van der Waals surface area (Å²) in [5, 5.41) is 8.12. The molecule has 0 aliphatic carbocycles. The van der Waals surface area contributed by atoms with Gasteiger partial charge in [-0.15, -0.1) is 0 Å². The second kappa shape index (κ2) is 8.34. The molecule has 2 heterocycles. The number of rotatable bonds is 5. The zero-order valence-corrected chi connectivity index (χ0v) is 17.8. The third-order valence-electron chi connectivity index (χ3n) is 4.23. The Morgan fingerprint density at radius 2 is 2.00 bits per heavy atom. The summed E-state index contributed by atoms with van der Waals surface area (Å²) < 4.78 is 15.7. The lowest BCUT2D eigenvalue weighted by Gasteiger charge is -2.08. The van der Waals surface area contributed by atoms with Gasteiger partial charge >= 0.3 is 0 Å². The van der Waals surface area contributed by atoms with Gasteiger partial charge in [-0.05, 0) is 70.9 Å². The summed E-state index contributed by atoms with van der Waals surface area (Å²) >= 11 is 4.80. The lowest BCUT2D eigenvalue weighted by Crippen LogP contribution is -2.14. The third kappa shape index (κ3) is 4.49. The van der Waals surface area contributed by atoms with Gasteiger partial charge in [-0.1, -0.05) is 17.8 Å². The van der Waals surface area contributed by atoms with Crippen LogP contribution in [0.5, 0.6) is 0 Å². The van der Waals surface area contributed by atoms with Crippen LogP contribution in [0.4, 0.5) is 10.1 Å². The van der Waals surface area contributed by atoms with Gasteiger partial charge < -0.3 is 5.32 Å². The van der Waals surface area contributed by atoms with Crippen molar-refractivity contribution in [1.29, 1.82) is 0 Å². The summed E-state index contributed by atoms with van der Waals surface area (Å²) in [4.78, 5) is 16.8. The Morgan fingerprint density at radius 3 is 2.76 bits per heavy atom. The number of anilines is 1. The fraction of sp³-hybridized carbons (Fsp3) is 0.0952. The van der Waals surface area contributed by atoms with Crippen LogP contribution >= 0.6 is 27.7 Å². The van der Waals surface area contributed by atoms with E-state index in [2.05, 4.69) is 31.3 Å². The van der Waals surface area contributed by atoms with Crippen LogP contribution in [0.2, 0.25) is 0 Å². The minimum atomic E-state index is -0.290. The van der Waals surface area contributed by atoms with Gasteiger partial charge in [0.15, 0.2) is 0 Å². The Labute approximate surface area is 179 Å². The van der Waals surface area contributed by atoms with E-state index in [1.165, 1.54) is 23.9 Å². The molecule has 0 spiro atoms. The van der Waals surface area contributed by atoms with Crippen molar-refractivity contribution >= 4 is 44.8 Å². The fourth-order valence-corrected chi connectivity index (χ4v) is 4.18. The largest absolute Gasteiger partial charge is 0.324 e. The van der Waals surface area contributed by atoms with Gasteiger partial charge in [-0.3, -0.25) is 4.79 Å². The zero-order chi connectivity index (χ0) is 20.4. The first-order valence-electron chi connectivity index (χ1n) is 8.79. The van der Waals surface area contributed by atoms with Gasteiger partial charge in [-0.25, -0.2) is 13.9 Å². The molecular formula is C21H16BrFN4OS. The zero-order valence-electron chi connectivity index (χ0n) is 15.4. The highest BCUT2D eigenvalue weighted by molar-refractivity contribution is 9.10. The van der Waals surface area contributed by atoms with E-state index in [0.29, 0.717) is 10.7 Å². The van der Waals surface area contributed by atoms with E-state index in [1.807, 2.05) is 31.2 Å². The van der Waals surface area contributed by atoms with Crippen LogP contribution in [-0.4, -0.2) is 26.3 Å². The first-order valence-corrected chi connectivity index (χ1v) is 10.6. The number of carbonyl (C=O) groups is 1. The van der Waals surface area contributed by atoms with Crippen LogP contribution < -0.4 is 5.32 Å². The molecule has 0 saturated carbocycles. The summed E-state index contributed by atoms with van der Waals surface area (Å²) in [5.74, 6) is -0.201. The molecule has 4 rings (SSSR count). The first-order chi connectivity index (χ1) is 14.0. The molecule has 4 aromatic rings. The predicted octanol–water partition coefficient (Wildman–Crippen LogP) is 5.34. The number of fused-ring (bicyclic) bond motifs is 1. The number of hydrogen-bond acceptors (Lipinski definition) is 4. The molecule has 5 nitrogen and oxygen atoms in total. The summed E-state index contributed by atoms with van der Waals surface area (Å²) in [7, 11) is 0. The van der Waals surface area contributed by atoms with Crippen LogP contribution in [0.3, 0.4) is 0 Å². The molecule has 146 valence electrons. The SMILES string of the molecule is Cc1ccc(NC(=O)CSc2nccn3nc(-c4ccc(F)cc4)cc23)c(Br)c1. The van der Waals surface area contributed by atoms with Gasteiger partial charge in [-0.2, -0.15) is 5.10 Å². The summed E-state index contributed by atoms with van der Waals surface area (Å²) in [6.07, 6.45) is 3.39. The molecule has 0 aliphatic rings. The van der Waals surface area contributed by atoms with E-state index < -0.39 is 0 Å². The standard InChI is InChI=1S/C21H16BrFN4OS/c1-13-2-7-17(16(22)10-13)25-20(28)12-29-21-19-11-18(26-27(19)9-8-24-21)14-3-5-15(23)6-4-14/h2-11H,12H2,1H3,(H,25,28). The van der Waals surface area contributed by atoms with Crippen LogP contribution in [0.25, 0.3) is 16.8 Å². The maximum Gasteiger partial charge on any atom is 0.234 e. The number of aryl methyl sites for hydroxylation is 1. The normalized spacial score (nSPS) is 11.0. The van der Waals surface area contributed by atoms with Crippen molar-refractivity contribution in [1.82, 2.24) is 14.6 Å². The molecule has 0 saturated heterocycles. The van der Waals surface area contributed by atoms with Crippen molar-refractivity contribution in [3.63, 3.8) is 0 Å². The Bertz CT molecular complexity index is 1190. The van der Waals surface area contributed by atoms with Crippen molar-refractivity contribution in [2.75, 3.05) is 11.1 Å². The van der Waals surface area contributed by atoms with E-state index in [9.17, 15) is 9.18 Å². The van der Waals surface area contributed by atoms with E-state index in [1.54, 1.807) is 29.0 Å². The Hall–Kier alpha value is -2.71. The number of thioether (sulfide) groups is 1. The average Bonchev–Trinajstić information content (AvgIpc) is 3.14. The molecule has 0 radical (unpaired) electrons. The highest BCUT2D eigenvalue weighted by Crippen LogP contribution is 2.27. The maximum absolute atomic E-state index is 13.2. The maximum atomic E-state index is 13.2. The number of hydrogen-bond donors (Lipinski definition) is 1. The number of nitrogens with one attached hydrogen (secondary N) is 1. The number of carbonyl (C=O) groups excluding carboxylic acids is 1. The molecule has 29 heavy (non-hydrogen) atoms. The van der Waals surface area contributed by atoms with E-state index in [0.717, 1.165) is 26.8 Å². The average molecular weight is 471 g/mol. The Morgan fingerprint density at radius 1 is 1.21 bits per heavy atom. The highest BCUT2D eigenvalue weighted by atomic mass is 79.9. The van der Waals surface area contributed by atoms with E-state index >= 15 is 0 Å². The fourth-order valence-electron chi connectivity index (χ4n) is 2.81. The Kier molecular flexibility index (Phi) is 5.64. The summed E-state index contributed by atoms with van der Waals surface area (Å²) in [6.45, 7) is 1.99. The van der Waals surface area contributed by atoms with Crippen molar-refractivity contribution in [3.8, 4) is 11.3 Å².